The molecule has 0 aliphatic rings. The number of esters is 4. The Labute approximate surface area is 568 Å². The van der Waals surface area contributed by atoms with E-state index in [1.54, 1.807) is 0 Å². The van der Waals surface area contributed by atoms with Crippen LogP contribution >= 0.6 is 15.6 Å². The van der Waals surface area contributed by atoms with Crippen molar-refractivity contribution < 1.29 is 80.2 Å². The molecule has 0 aromatic rings. The Hall–Kier alpha value is -1.94. The third kappa shape index (κ3) is 68.4. The van der Waals surface area contributed by atoms with E-state index in [2.05, 4.69) is 34.6 Å². The maximum Gasteiger partial charge on any atom is 0.472 e. The van der Waals surface area contributed by atoms with Gasteiger partial charge in [-0.3, -0.25) is 37.3 Å². The number of carbonyl (C=O) groups is 4. The fourth-order valence-corrected chi connectivity index (χ4v) is 12.9. The van der Waals surface area contributed by atoms with Gasteiger partial charge in [0.25, 0.3) is 0 Å². The van der Waals surface area contributed by atoms with Crippen molar-refractivity contribution in [1.82, 2.24) is 0 Å². The summed E-state index contributed by atoms with van der Waals surface area (Å²) in [5, 5.41) is 10.6. The Balaban J connectivity index is 5.23. The average Bonchev–Trinajstić information content (AvgIpc) is 1.96. The summed E-state index contributed by atoms with van der Waals surface area (Å²) in [7, 11) is -9.90. The highest BCUT2D eigenvalue weighted by Gasteiger charge is 2.30. The van der Waals surface area contributed by atoms with Crippen molar-refractivity contribution in [2.24, 2.45) is 5.92 Å². The van der Waals surface area contributed by atoms with Gasteiger partial charge in [-0.1, -0.05) is 336 Å². The van der Waals surface area contributed by atoms with Crippen molar-refractivity contribution in [2.45, 2.75) is 406 Å². The van der Waals surface area contributed by atoms with Gasteiger partial charge < -0.3 is 33.8 Å². The maximum absolute atomic E-state index is 13.1. The minimum atomic E-state index is -4.95. The molecule has 93 heavy (non-hydrogen) atoms. The summed E-state index contributed by atoms with van der Waals surface area (Å²) in [6.07, 6.45) is 55.3. The van der Waals surface area contributed by atoms with E-state index in [0.717, 1.165) is 95.8 Å². The molecule has 2 unspecified atom stereocenters. The molecule has 0 aromatic carbocycles. The number of unbranched alkanes of at least 4 members (excludes halogenated alkanes) is 46. The monoisotopic (exact) mass is 1370 g/mol. The number of phosphoric ester groups is 2. The first kappa shape index (κ1) is 91.1. The first-order valence-corrected chi connectivity index (χ1v) is 41.6. The minimum Gasteiger partial charge on any atom is -0.462 e. The van der Waals surface area contributed by atoms with Crippen LogP contribution in [0.4, 0.5) is 0 Å². The van der Waals surface area contributed by atoms with Crippen LogP contribution in [0.1, 0.15) is 388 Å². The molecule has 19 heteroatoms. The Bertz CT molecular complexity index is 1790. The first-order valence-electron chi connectivity index (χ1n) is 38.6. The largest absolute Gasteiger partial charge is 0.472 e. The molecule has 0 aliphatic heterocycles. The molecule has 0 saturated carbocycles. The van der Waals surface area contributed by atoms with Crippen LogP contribution in [0.15, 0.2) is 0 Å². The number of carbonyl (C=O) groups excluding carboxylic acids is 4. The summed E-state index contributed by atoms with van der Waals surface area (Å²) in [5.41, 5.74) is 0. The standard InChI is InChI=1S/C74H144O17P2/c1-6-9-12-15-18-21-23-25-30-33-38-43-48-53-58-72(77)85-64-70(91-74(79)60-55-50-45-40-35-31-27-26-29-32-37-41-46-51-56-67(4)5)66-89-93(82,83)87-62-68(75)61-86-92(80,81)88-65-69(63-84-71(76)57-52-47-42-36-20-17-14-11-8-3)90-73(78)59-54-49-44-39-34-28-24-22-19-16-13-10-7-2/h67-70,75H,6-66H2,1-5H3,(H,80,81)(H,82,83)/t68-,69+,70+/m0/s1. The summed E-state index contributed by atoms with van der Waals surface area (Å²) in [4.78, 5) is 72.7. The molecule has 0 heterocycles. The molecule has 0 bridgehead atoms. The van der Waals surface area contributed by atoms with Gasteiger partial charge in [0.05, 0.1) is 26.4 Å². The number of rotatable bonds is 74. The predicted molar refractivity (Wildman–Crippen MR) is 377 cm³/mol. The molecule has 5 atom stereocenters. The molecule has 0 fully saturated rings. The van der Waals surface area contributed by atoms with Gasteiger partial charge in [-0.2, -0.15) is 0 Å². The van der Waals surface area contributed by atoms with Crippen LogP contribution in [0.2, 0.25) is 0 Å². The molecule has 0 rings (SSSR count). The summed E-state index contributed by atoms with van der Waals surface area (Å²) >= 11 is 0. The van der Waals surface area contributed by atoms with Gasteiger partial charge >= 0.3 is 39.5 Å². The van der Waals surface area contributed by atoms with Gasteiger partial charge in [0, 0.05) is 25.7 Å². The van der Waals surface area contributed by atoms with E-state index in [4.69, 9.17) is 37.0 Å². The van der Waals surface area contributed by atoms with Crippen LogP contribution in [-0.4, -0.2) is 96.7 Å². The summed E-state index contributed by atoms with van der Waals surface area (Å²) in [5.74, 6) is -1.32. The lowest BCUT2D eigenvalue weighted by molar-refractivity contribution is -0.161. The number of aliphatic hydroxyl groups is 1. The normalized spacial score (nSPS) is 14.0. The fourth-order valence-electron chi connectivity index (χ4n) is 11.4. The number of aliphatic hydroxyl groups excluding tert-OH is 1. The van der Waals surface area contributed by atoms with Crippen molar-refractivity contribution in [3.05, 3.63) is 0 Å². The van der Waals surface area contributed by atoms with Crippen LogP contribution < -0.4 is 0 Å². The lowest BCUT2D eigenvalue weighted by atomic mass is 10.0. The van der Waals surface area contributed by atoms with E-state index in [1.165, 1.54) is 212 Å². The van der Waals surface area contributed by atoms with E-state index in [9.17, 15) is 43.2 Å². The van der Waals surface area contributed by atoms with E-state index in [0.29, 0.717) is 25.7 Å². The Morgan fingerprint density at radius 3 is 0.731 bits per heavy atom. The number of phosphoric acid groups is 2. The van der Waals surface area contributed by atoms with E-state index < -0.39 is 97.5 Å². The Morgan fingerprint density at radius 1 is 0.290 bits per heavy atom. The third-order valence-corrected chi connectivity index (χ3v) is 19.2. The molecule has 0 aromatic heterocycles. The fraction of sp³-hybridized carbons (Fsp3) is 0.946. The smallest absolute Gasteiger partial charge is 0.462 e. The van der Waals surface area contributed by atoms with Gasteiger partial charge in [0.15, 0.2) is 12.2 Å². The highest BCUT2D eigenvalue weighted by atomic mass is 31.2. The summed E-state index contributed by atoms with van der Waals surface area (Å²) in [6, 6.07) is 0. The Kier molecular flexibility index (Phi) is 65.9. The van der Waals surface area contributed by atoms with Crippen molar-refractivity contribution in [1.29, 1.82) is 0 Å². The number of hydrogen-bond acceptors (Lipinski definition) is 15. The highest BCUT2D eigenvalue weighted by molar-refractivity contribution is 7.47. The average molecular weight is 1370 g/mol. The summed E-state index contributed by atoms with van der Waals surface area (Å²) < 4.78 is 68.4. The zero-order chi connectivity index (χ0) is 68.4. The molecule has 0 spiro atoms. The molecule has 0 aliphatic carbocycles. The SMILES string of the molecule is CCCCCCCCCCCCCCCCC(=O)OC[C@H](COP(=O)(O)OC[C@@H](O)COP(=O)(O)OC[C@@H](COC(=O)CCCCCCCCCCC)OC(=O)CCCCCCCCCCCCCCC)OC(=O)CCCCCCCCCCCCCCCCC(C)C. The number of hydrogen-bond donors (Lipinski definition) is 3. The van der Waals surface area contributed by atoms with Gasteiger partial charge in [-0.15, -0.1) is 0 Å². The molecule has 0 radical (unpaired) electrons. The predicted octanol–water partition coefficient (Wildman–Crippen LogP) is 21.7. The second-order valence-electron chi connectivity index (χ2n) is 27.2. The van der Waals surface area contributed by atoms with E-state index >= 15 is 0 Å². The van der Waals surface area contributed by atoms with E-state index in [1.807, 2.05) is 0 Å². The number of ether oxygens (including phenoxy) is 4. The van der Waals surface area contributed by atoms with E-state index in [-0.39, 0.29) is 25.7 Å². The van der Waals surface area contributed by atoms with Gasteiger partial charge in [-0.05, 0) is 31.6 Å². The summed E-state index contributed by atoms with van der Waals surface area (Å²) in [6.45, 7) is 7.29. The molecule has 552 valence electrons. The quantitative estimate of drug-likeness (QED) is 0.0222. The van der Waals surface area contributed by atoms with Crippen molar-refractivity contribution in [3.63, 3.8) is 0 Å². The molecule has 3 N–H and O–H groups in total. The maximum atomic E-state index is 13.1. The zero-order valence-electron chi connectivity index (χ0n) is 60.4. The molecular formula is C74H144O17P2. The molecule has 0 amide bonds. The third-order valence-electron chi connectivity index (χ3n) is 17.3. The Morgan fingerprint density at radius 2 is 0.495 bits per heavy atom. The molecule has 0 saturated heterocycles. The van der Waals surface area contributed by atoms with Crippen molar-refractivity contribution in [2.75, 3.05) is 39.6 Å². The molecular weight excluding hydrogens is 1220 g/mol. The lowest BCUT2D eigenvalue weighted by Gasteiger charge is -2.21. The molecule has 17 nitrogen and oxygen atoms in total. The van der Waals surface area contributed by atoms with Crippen LogP contribution in [0.3, 0.4) is 0 Å². The van der Waals surface area contributed by atoms with Crippen LogP contribution in [0, 0.1) is 5.92 Å². The minimum absolute atomic E-state index is 0.108. The zero-order valence-corrected chi connectivity index (χ0v) is 62.2. The second kappa shape index (κ2) is 67.3. The van der Waals surface area contributed by atoms with Gasteiger partial charge in [-0.25, -0.2) is 9.13 Å². The van der Waals surface area contributed by atoms with Crippen LogP contribution in [-0.2, 0) is 65.4 Å². The van der Waals surface area contributed by atoms with Crippen molar-refractivity contribution in [3.8, 4) is 0 Å². The highest BCUT2D eigenvalue weighted by Crippen LogP contribution is 2.45. The van der Waals surface area contributed by atoms with Crippen LogP contribution in [0.5, 0.6) is 0 Å². The van der Waals surface area contributed by atoms with Gasteiger partial charge in [0.1, 0.15) is 19.3 Å². The lowest BCUT2D eigenvalue weighted by Crippen LogP contribution is -2.30. The van der Waals surface area contributed by atoms with Crippen molar-refractivity contribution >= 4 is 39.5 Å². The van der Waals surface area contributed by atoms with Gasteiger partial charge in [0.2, 0.25) is 0 Å². The first-order chi connectivity index (χ1) is 45.0. The van der Waals surface area contributed by atoms with Crippen LogP contribution in [0.25, 0.3) is 0 Å². The second-order valence-corrected chi connectivity index (χ2v) is 30.1. The topological polar surface area (TPSA) is 237 Å².